The molecular formula is C13H23NOS2. The van der Waals surface area contributed by atoms with Gasteiger partial charge in [-0.15, -0.1) is 0 Å². The van der Waals surface area contributed by atoms with Gasteiger partial charge in [-0.05, 0) is 24.2 Å². The van der Waals surface area contributed by atoms with Gasteiger partial charge in [-0.25, -0.2) is 0 Å². The molecule has 2 nitrogen and oxygen atoms in total. The highest BCUT2D eigenvalue weighted by molar-refractivity contribution is 8.23. The van der Waals surface area contributed by atoms with Gasteiger partial charge in [-0.3, -0.25) is 4.79 Å². The summed E-state index contributed by atoms with van der Waals surface area (Å²) < 4.78 is 0.818. The molecule has 0 heterocycles. The molecule has 2 atom stereocenters. The number of thiocarbonyl (C=S) groups is 1. The highest BCUT2D eigenvalue weighted by Crippen LogP contribution is 2.40. The maximum absolute atomic E-state index is 11.9. The van der Waals surface area contributed by atoms with Crippen molar-refractivity contribution in [2.24, 2.45) is 11.3 Å². The van der Waals surface area contributed by atoms with Crippen LogP contribution in [0.1, 0.15) is 40.0 Å². The van der Waals surface area contributed by atoms with Crippen LogP contribution in [0.15, 0.2) is 0 Å². The van der Waals surface area contributed by atoms with Crippen LogP contribution in [0.3, 0.4) is 0 Å². The van der Waals surface area contributed by atoms with E-state index in [0.29, 0.717) is 17.1 Å². The highest BCUT2D eigenvalue weighted by Gasteiger charge is 2.35. The van der Waals surface area contributed by atoms with E-state index in [4.69, 9.17) is 12.2 Å². The van der Waals surface area contributed by atoms with Gasteiger partial charge in [-0.2, -0.15) is 0 Å². The molecule has 0 saturated heterocycles. The minimum Gasteiger partial charge on any atom is -0.364 e. The van der Waals surface area contributed by atoms with Crippen molar-refractivity contribution in [1.82, 2.24) is 4.90 Å². The van der Waals surface area contributed by atoms with Crippen molar-refractivity contribution in [2.75, 3.05) is 14.1 Å². The summed E-state index contributed by atoms with van der Waals surface area (Å²) in [7, 11) is 3.87. The number of nitrogens with zero attached hydrogens (tertiary/aromatic N) is 1. The van der Waals surface area contributed by atoms with E-state index in [1.165, 1.54) is 0 Å². The summed E-state index contributed by atoms with van der Waals surface area (Å²) in [5.41, 5.74) is 0.291. The molecule has 17 heavy (non-hydrogen) atoms. The van der Waals surface area contributed by atoms with Gasteiger partial charge >= 0.3 is 0 Å². The Kier molecular flexibility index (Phi) is 5.02. The zero-order valence-corrected chi connectivity index (χ0v) is 13.1. The molecule has 0 aliphatic heterocycles. The lowest BCUT2D eigenvalue weighted by Gasteiger charge is -2.37. The van der Waals surface area contributed by atoms with Crippen LogP contribution < -0.4 is 0 Å². The average molecular weight is 273 g/mol. The van der Waals surface area contributed by atoms with Crippen LogP contribution in [0.25, 0.3) is 0 Å². The molecule has 0 spiro atoms. The normalized spacial score (nSPS) is 25.8. The summed E-state index contributed by atoms with van der Waals surface area (Å²) in [5, 5.41) is 0.0721. The van der Waals surface area contributed by atoms with Crippen LogP contribution >= 0.6 is 24.0 Å². The number of rotatable bonds is 1. The van der Waals surface area contributed by atoms with E-state index in [1.54, 1.807) is 11.8 Å². The van der Waals surface area contributed by atoms with E-state index in [0.717, 1.165) is 23.6 Å². The van der Waals surface area contributed by atoms with Gasteiger partial charge < -0.3 is 4.90 Å². The molecule has 0 radical (unpaired) electrons. The third-order valence-corrected chi connectivity index (χ3v) is 5.39. The minimum absolute atomic E-state index is 0.0721. The fourth-order valence-electron chi connectivity index (χ4n) is 2.11. The third kappa shape index (κ3) is 4.25. The van der Waals surface area contributed by atoms with E-state index in [1.807, 2.05) is 19.0 Å². The molecule has 0 unspecified atom stereocenters. The van der Waals surface area contributed by atoms with Crippen molar-refractivity contribution in [3.8, 4) is 0 Å². The Morgan fingerprint density at radius 1 is 1.41 bits per heavy atom. The van der Waals surface area contributed by atoms with Gasteiger partial charge in [-0.1, -0.05) is 44.8 Å². The van der Waals surface area contributed by atoms with Gasteiger partial charge in [0.2, 0.25) is 0 Å². The van der Waals surface area contributed by atoms with Gasteiger partial charge in [0.25, 0.3) is 0 Å². The first-order valence-electron chi connectivity index (χ1n) is 6.12. The second-order valence-corrected chi connectivity index (χ2v) is 7.91. The molecule has 1 saturated carbocycles. The predicted molar refractivity (Wildman–Crippen MR) is 79.5 cm³/mol. The first-order valence-corrected chi connectivity index (χ1v) is 7.41. The van der Waals surface area contributed by atoms with Crippen LogP contribution in [0.5, 0.6) is 0 Å². The molecule has 1 aliphatic carbocycles. The standard InChI is InChI=1S/C13H23NOS2/c1-13(2,3)9-6-7-10(15)11(8-9)17-12(16)14(4)5/h9,11H,6-8H2,1-5H3/t9-,11-/m0/s1. The highest BCUT2D eigenvalue weighted by atomic mass is 32.2. The van der Waals surface area contributed by atoms with Crippen molar-refractivity contribution in [2.45, 2.75) is 45.3 Å². The minimum atomic E-state index is 0.0721. The van der Waals surface area contributed by atoms with Gasteiger partial charge in [0.05, 0.1) is 5.25 Å². The summed E-state index contributed by atoms with van der Waals surface area (Å²) in [4.78, 5) is 13.8. The van der Waals surface area contributed by atoms with Crippen LogP contribution in [-0.2, 0) is 4.79 Å². The van der Waals surface area contributed by atoms with Crippen LogP contribution in [-0.4, -0.2) is 34.3 Å². The summed E-state index contributed by atoms with van der Waals surface area (Å²) in [6.45, 7) is 6.79. The van der Waals surface area contributed by atoms with Crippen LogP contribution in [0, 0.1) is 11.3 Å². The Hall–Kier alpha value is -0.0900. The quantitative estimate of drug-likeness (QED) is 0.682. The first-order chi connectivity index (χ1) is 7.71. The monoisotopic (exact) mass is 273 g/mol. The largest absolute Gasteiger partial charge is 0.364 e. The lowest BCUT2D eigenvalue weighted by Crippen LogP contribution is -2.35. The zero-order chi connectivity index (χ0) is 13.2. The van der Waals surface area contributed by atoms with Gasteiger partial charge in [0, 0.05) is 20.5 Å². The van der Waals surface area contributed by atoms with Crippen LogP contribution in [0.4, 0.5) is 0 Å². The number of ketones is 1. The fourth-order valence-corrected chi connectivity index (χ4v) is 3.49. The van der Waals surface area contributed by atoms with Crippen molar-refractivity contribution in [3.05, 3.63) is 0 Å². The second-order valence-electron chi connectivity index (χ2n) is 6.07. The Morgan fingerprint density at radius 3 is 2.47 bits per heavy atom. The molecule has 1 fully saturated rings. The molecule has 1 aliphatic rings. The maximum atomic E-state index is 11.9. The Balaban J connectivity index is 2.64. The molecule has 0 bridgehead atoms. The Morgan fingerprint density at radius 2 is 2.00 bits per heavy atom. The van der Waals surface area contributed by atoms with Crippen molar-refractivity contribution in [3.63, 3.8) is 0 Å². The number of carbonyl (C=O) groups is 1. The summed E-state index contributed by atoms with van der Waals surface area (Å²) in [5.74, 6) is 1.00. The van der Waals surface area contributed by atoms with Crippen molar-refractivity contribution >= 4 is 34.1 Å². The molecular weight excluding hydrogens is 250 g/mol. The lowest BCUT2D eigenvalue weighted by atomic mass is 9.72. The topological polar surface area (TPSA) is 20.3 Å². The maximum Gasteiger partial charge on any atom is 0.146 e. The van der Waals surface area contributed by atoms with E-state index >= 15 is 0 Å². The first kappa shape index (κ1) is 15.0. The fraction of sp³-hybridized carbons (Fsp3) is 0.846. The van der Waals surface area contributed by atoms with E-state index in [2.05, 4.69) is 20.8 Å². The third-order valence-electron chi connectivity index (χ3n) is 3.43. The number of carbonyl (C=O) groups excluding carboxylic acids is 1. The number of hydrogen-bond donors (Lipinski definition) is 0. The molecule has 0 aromatic rings. The molecule has 0 amide bonds. The van der Waals surface area contributed by atoms with Gasteiger partial charge in [0.1, 0.15) is 10.1 Å². The van der Waals surface area contributed by atoms with Crippen molar-refractivity contribution in [1.29, 1.82) is 0 Å². The SMILES string of the molecule is CN(C)C(=S)S[C@H]1C[C@@H](C(C)(C)C)CCC1=O. The molecule has 98 valence electrons. The number of Topliss-reactive ketones (excluding diaryl/α,β-unsaturated/α-hetero) is 1. The molecule has 4 heteroatoms. The number of hydrogen-bond acceptors (Lipinski definition) is 3. The zero-order valence-electron chi connectivity index (χ0n) is 11.4. The molecule has 1 rings (SSSR count). The second kappa shape index (κ2) is 5.70. The van der Waals surface area contributed by atoms with Crippen molar-refractivity contribution < 1.29 is 4.79 Å². The van der Waals surface area contributed by atoms with Gasteiger partial charge in [0.15, 0.2) is 0 Å². The Labute approximate surface area is 115 Å². The summed E-state index contributed by atoms with van der Waals surface area (Å²) >= 11 is 6.84. The average Bonchev–Trinajstić information content (AvgIpc) is 2.19. The van der Waals surface area contributed by atoms with E-state index < -0.39 is 0 Å². The summed E-state index contributed by atoms with van der Waals surface area (Å²) in [6.07, 6.45) is 2.73. The van der Waals surface area contributed by atoms with E-state index in [9.17, 15) is 4.79 Å². The molecule has 0 N–H and O–H groups in total. The number of thioether (sulfide) groups is 1. The van der Waals surface area contributed by atoms with Crippen LogP contribution in [0.2, 0.25) is 0 Å². The lowest BCUT2D eigenvalue weighted by molar-refractivity contribution is -0.121. The molecule has 0 aromatic carbocycles. The molecule has 0 aromatic heterocycles. The van der Waals surface area contributed by atoms with E-state index in [-0.39, 0.29) is 5.25 Å². The smallest absolute Gasteiger partial charge is 0.146 e. The Bertz CT molecular complexity index is 307. The summed E-state index contributed by atoms with van der Waals surface area (Å²) in [6, 6.07) is 0. The predicted octanol–water partition coefficient (Wildman–Crippen LogP) is 3.35.